The average Bonchev–Trinajstić information content (AvgIpc) is 2.27. The van der Waals surface area contributed by atoms with Crippen molar-refractivity contribution in [2.75, 3.05) is 0 Å². The van der Waals surface area contributed by atoms with Crippen LogP contribution in [-0.4, -0.2) is 10.7 Å². The van der Waals surface area contributed by atoms with Gasteiger partial charge in [-0.1, -0.05) is 46.0 Å². The molecule has 88 valence electrons. The molecule has 0 heterocycles. The molecule has 0 aliphatic heterocycles. The first-order chi connectivity index (χ1) is 7.14. The van der Waals surface area contributed by atoms with Crippen LogP contribution in [0.25, 0.3) is 0 Å². The lowest BCUT2D eigenvalue weighted by atomic mass is 9.62. The van der Waals surface area contributed by atoms with Crippen molar-refractivity contribution < 1.29 is 5.11 Å². The quantitative estimate of drug-likeness (QED) is 0.699. The summed E-state index contributed by atoms with van der Waals surface area (Å²) in [6, 6.07) is 0. The monoisotopic (exact) mass is 210 g/mol. The first-order valence-corrected chi connectivity index (χ1v) is 6.87. The third-order valence-corrected chi connectivity index (χ3v) is 5.19. The van der Waals surface area contributed by atoms with Crippen LogP contribution in [0.4, 0.5) is 0 Å². The summed E-state index contributed by atoms with van der Waals surface area (Å²) in [5.74, 6) is 1.82. The van der Waals surface area contributed by atoms with Gasteiger partial charge < -0.3 is 5.11 Å². The van der Waals surface area contributed by atoms with E-state index >= 15 is 0 Å². The second kappa shape index (κ2) is 4.45. The maximum atomic E-state index is 10.9. The SMILES string of the molecule is CC1CCCC(O)(C2CCCCC2)C1C. The summed E-state index contributed by atoms with van der Waals surface area (Å²) in [7, 11) is 0. The van der Waals surface area contributed by atoms with Crippen LogP contribution in [0.5, 0.6) is 0 Å². The van der Waals surface area contributed by atoms with Gasteiger partial charge in [-0.3, -0.25) is 0 Å². The number of aliphatic hydroxyl groups is 1. The second-order valence-electron chi connectivity index (χ2n) is 5.98. The topological polar surface area (TPSA) is 20.2 Å². The number of hydrogen-bond donors (Lipinski definition) is 1. The Kier molecular flexibility index (Phi) is 3.39. The van der Waals surface area contributed by atoms with Crippen molar-refractivity contribution in [1.29, 1.82) is 0 Å². The minimum atomic E-state index is -0.321. The zero-order valence-corrected chi connectivity index (χ0v) is 10.3. The predicted octanol–water partition coefficient (Wildman–Crippen LogP) is 3.75. The minimum absolute atomic E-state index is 0.321. The van der Waals surface area contributed by atoms with Crippen molar-refractivity contribution in [3.8, 4) is 0 Å². The Balaban J connectivity index is 2.08. The molecule has 0 aromatic carbocycles. The molecule has 0 aromatic heterocycles. The lowest BCUT2D eigenvalue weighted by Crippen LogP contribution is -2.49. The van der Waals surface area contributed by atoms with E-state index < -0.39 is 0 Å². The van der Waals surface area contributed by atoms with Crippen LogP contribution in [0.15, 0.2) is 0 Å². The van der Waals surface area contributed by atoms with Gasteiger partial charge in [-0.2, -0.15) is 0 Å². The molecule has 0 amide bonds. The summed E-state index contributed by atoms with van der Waals surface area (Å²) in [5.41, 5.74) is -0.321. The van der Waals surface area contributed by atoms with Gasteiger partial charge >= 0.3 is 0 Å². The van der Waals surface area contributed by atoms with Crippen LogP contribution in [0.1, 0.15) is 65.2 Å². The largest absolute Gasteiger partial charge is 0.389 e. The second-order valence-corrected chi connectivity index (χ2v) is 5.98. The molecule has 3 unspecified atom stereocenters. The fourth-order valence-electron chi connectivity index (χ4n) is 3.86. The molecule has 1 heteroatoms. The van der Waals surface area contributed by atoms with E-state index in [0.29, 0.717) is 17.8 Å². The molecule has 2 saturated carbocycles. The molecule has 0 radical (unpaired) electrons. The van der Waals surface area contributed by atoms with Crippen molar-refractivity contribution in [3.63, 3.8) is 0 Å². The molecule has 2 aliphatic carbocycles. The molecular weight excluding hydrogens is 184 g/mol. The number of hydrogen-bond acceptors (Lipinski definition) is 1. The van der Waals surface area contributed by atoms with Crippen LogP contribution in [0.3, 0.4) is 0 Å². The van der Waals surface area contributed by atoms with Crippen molar-refractivity contribution in [2.24, 2.45) is 17.8 Å². The highest BCUT2D eigenvalue weighted by Crippen LogP contribution is 2.46. The van der Waals surface area contributed by atoms with E-state index in [1.165, 1.54) is 44.9 Å². The Morgan fingerprint density at radius 3 is 2.27 bits per heavy atom. The van der Waals surface area contributed by atoms with E-state index in [-0.39, 0.29) is 5.60 Å². The average molecular weight is 210 g/mol. The molecule has 2 fully saturated rings. The molecule has 1 N–H and O–H groups in total. The van der Waals surface area contributed by atoms with Gasteiger partial charge in [-0.15, -0.1) is 0 Å². The molecule has 0 aromatic rings. The Labute approximate surface area is 94.3 Å². The summed E-state index contributed by atoms with van der Waals surface area (Å²) >= 11 is 0. The normalized spacial score (nSPS) is 44.2. The van der Waals surface area contributed by atoms with E-state index in [9.17, 15) is 5.11 Å². The molecule has 3 atom stereocenters. The van der Waals surface area contributed by atoms with E-state index in [0.717, 1.165) is 6.42 Å². The third-order valence-electron chi connectivity index (χ3n) is 5.19. The van der Waals surface area contributed by atoms with Gasteiger partial charge in [0.25, 0.3) is 0 Å². The fourth-order valence-corrected chi connectivity index (χ4v) is 3.86. The van der Waals surface area contributed by atoms with Crippen LogP contribution < -0.4 is 0 Å². The molecule has 2 aliphatic rings. The smallest absolute Gasteiger partial charge is 0.0703 e. The Bertz CT molecular complexity index is 207. The van der Waals surface area contributed by atoms with Crippen molar-refractivity contribution in [3.05, 3.63) is 0 Å². The van der Waals surface area contributed by atoms with Gasteiger partial charge in [0.1, 0.15) is 0 Å². The highest BCUT2D eigenvalue weighted by Gasteiger charge is 2.45. The van der Waals surface area contributed by atoms with E-state index in [2.05, 4.69) is 13.8 Å². The maximum Gasteiger partial charge on any atom is 0.0703 e. The molecule has 0 saturated heterocycles. The zero-order chi connectivity index (χ0) is 10.9. The first kappa shape index (κ1) is 11.4. The van der Waals surface area contributed by atoms with E-state index in [1.807, 2.05) is 0 Å². The zero-order valence-electron chi connectivity index (χ0n) is 10.3. The Hall–Kier alpha value is -0.0400. The van der Waals surface area contributed by atoms with Crippen molar-refractivity contribution in [1.82, 2.24) is 0 Å². The van der Waals surface area contributed by atoms with Gasteiger partial charge in [0.2, 0.25) is 0 Å². The summed E-state index contributed by atoms with van der Waals surface area (Å²) in [6.07, 6.45) is 10.2. The van der Waals surface area contributed by atoms with Gasteiger partial charge in [-0.25, -0.2) is 0 Å². The highest BCUT2D eigenvalue weighted by molar-refractivity contribution is 4.96. The highest BCUT2D eigenvalue weighted by atomic mass is 16.3. The lowest BCUT2D eigenvalue weighted by Gasteiger charge is -2.48. The molecular formula is C14H26O. The first-order valence-electron chi connectivity index (χ1n) is 6.87. The van der Waals surface area contributed by atoms with Gasteiger partial charge in [0, 0.05) is 0 Å². The Morgan fingerprint density at radius 2 is 1.60 bits per heavy atom. The molecule has 0 bridgehead atoms. The molecule has 2 rings (SSSR count). The summed E-state index contributed by atoms with van der Waals surface area (Å²) < 4.78 is 0. The van der Waals surface area contributed by atoms with Gasteiger partial charge in [-0.05, 0) is 37.0 Å². The van der Waals surface area contributed by atoms with Crippen molar-refractivity contribution >= 4 is 0 Å². The lowest BCUT2D eigenvalue weighted by molar-refractivity contribution is -0.115. The Morgan fingerprint density at radius 1 is 0.933 bits per heavy atom. The summed E-state index contributed by atoms with van der Waals surface area (Å²) in [5, 5.41) is 10.9. The predicted molar refractivity (Wildman–Crippen MR) is 63.7 cm³/mol. The summed E-state index contributed by atoms with van der Waals surface area (Å²) in [6.45, 7) is 4.59. The minimum Gasteiger partial charge on any atom is -0.389 e. The van der Waals surface area contributed by atoms with E-state index in [1.54, 1.807) is 0 Å². The van der Waals surface area contributed by atoms with E-state index in [4.69, 9.17) is 0 Å². The van der Waals surface area contributed by atoms with Crippen molar-refractivity contribution in [2.45, 2.75) is 70.8 Å². The van der Waals surface area contributed by atoms with Crippen LogP contribution >= 0.6 is 0 Å². The standard InChI is InChI=1S/C14H26O/c1-11-7-6-10-14(15,12(11)2)13-8-4-3-5-9-13/h11-13,15H,3-10H2,1-2H3. The van der Waals surface area contributed by atoms with Crippen LogP contribution in [-0.2, 0) is 0 Å². The molecule has 15 heavy (non-hydrogen) atoms. The van der Waals surface area contributed by atoms with Crippen LogP contribution in [0, 0.1) is 17.8 Å². The maximum absolute atomic E-state index is 10.9. The van der Waals surface area contributed by atoms with Gasteiger partial charge in [0.15, 0.2) is 0 Å². The number of rotatable bonds is 1. The van der Waals surface area contributed by atoms with Crippen LogP contribution in [0.2, 0.25) is 0 Å². The van der Waals surface area contributed by atoms with Gasteiger partial charge in [0.05, 0.1) is 5.60 Å². The fraction of sp³-hybridized carbons (Fsp3) is 1.00. The molecule has 0 spiro atoms. The third kappa shape index (κ3) is 2.08. The summed E-state index contributed by atoms with van der Waals surface area (Å²) in [4.78, 5) is 0. The molecule has 1 nitrogen and oxygen atoms in total.